The Kier molecular flexibility index (Phi) is 5.64. The van der Waals surface area contributed by atoms with E-state index in [9.17, 15) is 0 Å². The zero-order valence-corrected chi connectivity index (χ0v) is 15.7. The zero-order valence-electron chi connectivity index (χ0n) is 14.8. The normalized spacial score (nSPS) is 10.7. The highest BCUT2D eigenvalue weighted by Crippen LogP contribution is 2.22. The van der Waals surface area contributed by atoms with Crippen molar-refractivity contribution in [1.82, 2.24) is 14.9 Å². The molecule has 0 amide bonds. The van der Waals surface area contributed by atoms with Crippen LogP contribution in [0, 0.1) is 23.0 Å². The first-order valence-corrected chi connectivity index (χ1v) is 8.50. The summed E-state index contributed by atoms with van der Waals surface area (Å²) in [4.78, 5) is 0. The molecule has 0 bridgehead atoms. The van der Waals surface area contributed by atoms with Gasteiger partial charge in [-0.15, -0.1) is 0 Å². The maximum absolute atomic E-state index is 8.85. The van der Waals surface area contributed by atoms with Crippen molar-refractivity contribution in [3.05, 3.63) is 69.8 Å². The van der Waals surface area contributed by atoms with Crippen LogP contribution in [-0.4, -0.2) is 28.2 Å². The highest BCUT2D eigenvalue weighted by atomic mass is 32.1. The summed E-state index contributed by atoms with van der Waals surface area (Å²) in [7, 11) is 1.61. The van der Waals surface area contributed by atoms with Crippen LogP contribution in [0.25, 0.3) is 0 Å². The Balaban J connectivity index is 1.78. The van der Waals surface area contributed by atoms with Gasteiger partial charge in [-0.1, -0.05) is 0 Å². The number of aromatic amines is 1. The van der Waals surface area contributed by atoms with Crippen LogP contribution in [0.3, 0.4) is 0 Å². The van der Waals surface area contributed by atoms with Gasteiger partial charge in [0.25, 0.3) is 0 Å². The van der Waals surface area contributed by atoms with Crippen LogP contribution < -0.4 is 9.47 Å². The Labute approximate surface area is 161 Å². The van der Waals surface area contributed by atoms with E-state index in [4.69, 9.17) is 27.0 Å². The lowest BCUT2D eigenvalue weighted by Crippen LogP contribution is -2.00. The molecule has 0 spiro atoms. The number of hydrogen-bond acceptors (Lipinski definition) is 6. The molecule has 0 unspecified atom stereocenters. The van der Waals surface area contributed by atoms with E-state index in [-0.39, 0.29) is 0 Å². The second kappa shape index (κ2) is 8.29. The van der Waals surface area contributed by atoms with Crippen LogP contribution in [0.5, 0.6) is 11.5 Å². The molecular formula is C19H17N5O2S. The summed E-state index contributed by atoms with van der Waals surface area (Å²) >= 11 is 5.14. The van der Waals surface area contributed by atoms with Crippen molar-refractivity contribution < 1.29 is 9.47 Å². The van der Waals surface area contributed by atoms with Crippen molar-refractivity contribution >= 4 is 18.4 Å². The average molecular weight is 379 g/mol. The van der Waals surface area contributed by atoms with Crippen LogP contribution in [-0.2, 0) is 6.61 Å². The maximum atomic E-state index is 8.85. The number of hydrogen-bond donors (Lipinski definition) is 1. The number of nitriles is 1. The van der Waals surface area contributed by atoms with Gasteiger partial charge in [-0.05, 0) is 67.2 Å². The van der Waals surface area contributed by atoms with Crippen LogP contribution in [0.4, 0.5) is 0 Å². The molecule has 0 fully saturated rings. The number of methoxy groups -OCH3 is 1. The summed E-state index contributed by atoms with van der Waals surface area (Å²) in [5.41, 5.74) is 2.33. The Bertz CT molecular complexity index is 1060. The lowest BCUT2D eigenvalue weighted by atomic mass is 10.1. The van der Waals surface area contributed by atoms with E-state index >= 15 is 0 Å². The van der Waals surface area contributed by atoms with Gasteiger partial charge in [0.15, 0.2) is 0 Å². The molecular weight excluding hydrogens is 362 g/mol. The fraction of sp³-hybridized carbons (Fsp3) is 0.158. The zero-order chi connectivity index (χ0) is 19.2. The quantitative estimate of drug-likeness (QED) is 0.522. The lowest BCUT2D eigenvalue weighted by molar-refractivity contribution is 0.296. The van der Waals surface area contributed by atoms with Crippen LogP contribution >= 0.6 is 12.2 Å². The summed E-state index contributed by atoms with van der Waals surface area (Å²) in [6.07, 6.45) is 1.70. The standard InChI is InChI=1S/C19H17N5O2S/c1-13-22-23-19(27)24(13)21-11-15-5-8-18(25-2)16(9-15)12-26-17-6-3-14(10-20)4-7-17/h3-9,11H,12H2,1-2H3,(H,23,27)/b21-11+. The lowest BCUT2D eigenvalue weighted by Gasteiger charge is -2.11. The van der Waals surface area contributed by atoms with Gasteiger partial charge in [-0.3, -0.25) is 5.10 Å². The Hall–Kier alpha value is -3.44. The molecule has 1 aromatic heterocycles. The number of H-pyrrole nitrogens is 1. The molecule has 1 N–H and O–H groups in total. The fourth-order valence-corrected chi connectivity index (χ4v) is 2.63. The molecule has 0 radical (unpaired) electrons. The molecule has 0 aliphatic rings. The highest BCUT2D eigenvalue weighted by Gasteiger charge is 2.06. The van der Waals surface area contributed by atoms with Crippen molar-refractivity contribution in [2.24, 2.45) is 5.10 Å². The van der Waals surface area contributed by atoms with Gasteiger partial charge in [-0.25, -0.2) is 0 Å². The van der Waals surface area contributed by atoms with Gasteiger partial charge in [0, 0.05) is 5.56 Å². The third kappa shape index (κ3) is 4.40. The molecule has 0 aliphatic carbocycles. The number of aryl methyl sites for hydroxylation is 1. The molecule has 0 saturated heterocycles. The maximum Gasteiger partial charge on any atom is 0.216 e. The van der Waals surface area contributed by atoms with Crippen molar-refractivity contribution in [3.8, 4) is 17.6 Å². The van der Waals surface area contributed by atoms with Gasteiger partial charge in [-0.2, -0.15) is 20.1 Å². The molecule has 8 heteroatoms. The first-order valence-electron chi connectivity index (χ1n) is 8.09. The molecule has 0 atom stereocenters. The van der Waals surface area contributed by atoms with Gasteiger partial charge in [0.2, 0.25) is 4.77 Å². The van der Waals surface area contributed by atoms with E-state index in [0.29, 0.717) is 28.5 Å². The van der Waals surface area contributed by atoms with E-state index in [1.807, 2.05) is 25.1 Å². The predicted octanol–water partition coefficient (Wildman–Crippen LogP) is 3.59. The minimum absolute atomic E-state index is 0.320. The summed E-state index contributed by atoms with van der Waals surface area (Å²) < 4.78 is 13.2. The van der Waals surface area contributed by atoms with Crippen LogP contribution in [0.1, 0.15) is 22.5 Å². The summed E-state index contributed by atoms with van der Waals surface area (Å²) in [6.45, 7) is 2.13. The Morgan fingerprint density at radius 1 is 1.30 bits per heavy atom. The average Bonchev–Trinajstić information content (AvgIpc) is 3.02. The van der Waals surface area contributed by atoms with E-state index in [1.54, 1.807) is 42.3 Å². The highest BCUT2D eigenvalue weighted by molar-refractivity contribution is 7.71. The molecule has 27 heavy (non-hydrogen) atoms. The van der Waals surface area contributed by atoms with Gasteiger partial charge in [0.05, 0.1) is 25.0 Å². The third-order valence-corrected chi connectivity index (χ3v) is 4.08. The largest absolute Gasteiger partial charge is 0.496 e. The SMILES string of the molecule is COc1ccc(/C=N/n2c(C)n[nH]c2=S)cc1COc1ccc(C#N)cc1. The first-order chi connectivity index (χ1) is 13.1. The summed E-state index contributed by atoms with van der Waals surface area (Å²) in [6, 6.07) is 14.7. The third-order valence-electron chi connectivity index (χ3n) is 3.82. The molecule has 7 nitrogen and oxygen atoms in total. The number of nitrogens with one attached hydrogen (secondary N) is 1. The number of aromatic nitrogens is 3. The summed E-state index contributed by atoms with van der Waals surface area (Å²) in [5.74, 6) is 2.07. The van der Waals surface area contributed by atoms with Crippen molar-refractivity contribution in [1.29, 1.82) is 5.26 Å². The number of ether oxygens (including phenoxy) is 2. The number of nitrogens with zero attached hydrogens (tertiary/aromatic N) is 4. The first kappa shape index (κ1) is 18.4. The van der Waals surface area contributed by atoms with Gasteiger partial charge >= 0.3 is 0 Å². The van der Waals surface area contributed by atoms with Crippen molar-refractivity contribution in [3.63, 3.8) is 0 Å². The molecule has 136 valence electrons. The molecule has 0 aliphatic heterocycles. The van der Waals surface area contributed by atoms with Crippen molar-refractivity contribution in [2.45, 2.75) is 13.5 Å². The number of rotatable bonds is 6. The summed E-state index contributed by atoms with van der Waals surface area (Å²) in [5, 5.41) is 19.9. The second-order valence-electron chi connectivity index (χ2n) is 5.63. The van der Waals surface area contributed by atoms with Crippen molar-refractivity contribution in [2.75, 3.05) is 7.11 Å². The molecule has 1 heterocycles. The molecule has 0 saturated carbocycles. The van der Waals surface area contributed by atoms with E-state index < -0.39 is 0 Å². The second-order valence-corrected chi connectivity index (χ2v) is 6.02. The van der Waals surface area contributed by atoms with Gasteiger partial charge in [0.1, 0.15) is 23.9 Å². The van der Waals surface area contributed by atoms with E-state index in [2.05, 4.69) is 21.4 Å². The topological polar surface area (TPSA) is 88.2 Å². The van der Waals surface area contributed by atoms with E-state index in [0.717, 1.165) is 16.9 Å². The smallest absolute Gasteiger partial charge is 0.216 e. The fourth-order valence-electron chi connectivity index (χ4n) is 2.41. The Morgan fingerprint density at radius 2 is 2.07 bits per heavy atom. The molecule has 3 rings (SSSR count). The monoisotopic (exact) mass is 379 g/mol. The minimum Gasteiger partial charge on any atom is -0.496 e. The van der Waals surface area contributed by atoms with Crippen LogP contribution in [0.15, 0.2) is 47.6 Å². The number of benzene rings is 2. The minimum atomic E-state index is 0.320. The molecule has 3 aromatic rings. The Morgan fingerprint density at radius 3 is 2.70 bits per heavy atom. The van der Waals surface area contributed by atoms with E-state index in [1.165, 1.54) is 0 Å². The van der Waals surface area contributed by atoms with Crippen LogP contribution in [0.2, 0.25) is 0 Å². The predicted molar refractivity (Wildman–Crippen MR) is 104 cm³/mol. The molecule has 2 aromatic carbocycles. The van der Waals surface area contributed by atoms with Gasteiger partial charge < -0.3 is 9.47 Å².